The first-order valence-corrected chi connectivity index (χ1v) is 17.2. The number of carbonyl (C=O) groups excluding carboxylic acids is 5. The molecule has 0 bridgehead atoms. The van der Waals surface area contributed by atoms with E-state index in [1.165, 1.54) is 6.92 Å². The summed E-state index contributed by atoms with van der Waals surface area (Å²) in [6.07, 6.45) is -0.189. The summed E-state index contributed by atoms with van der Waals surface area (Å²) in [6.45, 7) is 3.64. The van der Waals surface area contributed by atoms with Crippen molar-refractivity contribution in [1.29, 1.82) is 0 Å². The van der Waals surface area contributed by atoms with Crippen LogP contribution in [0.15, 0.2) is 109 Å². The van der Waals surface area contributed by atoms with Crippen LogP contribution in [0.3, 0.4) is 0 Å². The molecule has 6 N–H and O–H groups in total. The van der Waals surface area contributed by atoms with Gasteiger partial charge < -0.3 is 36.4 Å². The zero-order valence-electron chi connectivity index (χ0n) is 29.1. The Morgan fingerprint density at radius 1 is 0.731 bits per heavy atom. The van der Waals surface area contributed by atoms with Crippen molar-refractivity contribution < 1.29 is 33.8 Å². The highest BCUT2D eigenvalue weighted by atomic mass is 16.5. The number of anilines is 1. The summed E-state index contributed by atoms with van der Waals surface area (Å²) in [5.41, 5.74) is 1.15. The highest BCUT2D eigenvalue weighted by molar-refractivity contribution is 6.05. The Kier molecular flexibility index (Phi) is 12.4. The zero-order chi connectivity index (χ0) is 37.1. The van der Waals surface area contributed by atoms with Crippen molar-refractivity contribution in [3.8, 4) is 5.75 Å². The smallest absolute Gasteiger partial charge is 0.261 e. The Labute approximate surface area is 302 Å². The molecule has 0 saturated heterocycles. The third kappa shape index (κ3) is 9.61. The van der Waals surface area contributed by atoms with Crippen LogP contribution in [0.4, 0.5) is 5.69 Å². The third-order valence-corrected chi connectivity index (χ3v) is 8.77. The predicted molar refractivity (Wildman–Crippen MR) is 195 cm³/mol. The van der Waals surface area contributed by atoms with E-state index in [4.69, 9.17) is 4.74 Å². The van der Waals surface area contributed by atoms with Gasteiger partial charge in [-0.1, -0.05) is 97.9 Å². The van der Waals surface area contributed by atoms with E-state index in [-0.39, 0.29) is 30.9 Å². The number of fused-ring (bicyclic) bond motifs is 1. The Morgan fingerprint density at radius 3 is 2.04 bits per heavy atom. The average molecular weight is 706 g/mol. The molecule has 0 spiro atoms. The number of amides is 5. The average Bonchev–Trinajstić information content (AvgIpc) is 3.41. The second kappa shape index (κ2) is 17.3. The Bertz CT molecular complexity index is 1870. The molecule has 5 amide bonds. The maximum atomic E-state index is 13.5. The summed E-state index contributed by atoms with van der Waals surface area (Å²) in [7, 11) is 0. The number of ether oxygens (including phenoxy) is 1. The van der Waals surface area contributed by atoms with E-state index in [9.17, 15) is 29.1 Å². The fourth-order valence-electron chi connectivity index (χ4n) is 5.80. The molecule has 0 aromatic heterocycles. The molecule has 1 aliphatic rings. The van der Waals surface area contributed by atoms with Gasteiger partial charge in [-0.2, -0.15) is 0 Å². The molecule has 270 valence electrons. The van der Waals surface area contributed by atoms with E-state index in [0.29, 0.717) is 18.0 Å². The Balaban J connectivity index is 1.25. The Hall–Kier alpha value is -6.01. The molecule has 1 aliphatic heterocycles. The van der Waals surface area contributed by atoms with Crippen molar-refractivity contribution in [1.82, 2.24) is 21.3 Å². The van der Waals surface area contributed by atoms with Crippen molar-refractivity contribution in [3.63, 3.8) is 0 Å². The summed E-state index contributed by atoms with van der Waals surface area (Å²) in [4.78, 5) is 66.0. The number of hydrogen-bond donors (Lipinski definition) is 6. The highest BCUT2D eigenvalue weighted by Crippen LogP contribution is 2.39. The number of carbonyl (C=O) groups is 5. The quantitative estimate of drug-likeness (QED) is 0.104. The van der Waals surface area contributed by atoms with E-state index in [1.54, 1.807) is 55.5 Å². The standard InChI is InChI=1S/C40H43N5O7/c1-3-35(46)43-33(22-27-18-20-30(21-19-27)52-25-29-14-8-5-9-15-29)38(49)42-26(2)36(47)44-34(37(48)41-24-28-12-6-4-7-13-28)23-40(51)31-16-10-11-17-32(31)45-39(40)50/h4-21,26,33-34,51H,3,22-25H2,1-2H3,(H,41,48)(H,42,49)(H,43,46)(H,44,47)(H,45,50)/t26-,33-,34-,40+/m0/s1. The number of nitrogens with one attached hydrogen (secondary N) is 5. The summed E-state index contributed by atoms with van der Waals surface area (Å²) in [5, 5.41) is 25.0. The predicted octanol–water partition coefficient (Wildman–Crippen LogP) is 3.24. The molecular formula is C40H43N5O7. The lowest BCUT2D eigenvalue weighted by Crippen LogP contribution is -2.57. The molecule has 12 nitrogen and oxygen atoms in total. The summed E-state index contributed by atoms with van der Waals surface area (Å²) < 4.78 is 5.86. The van der Waals surface area contributed by atoms with Crippen LogP contribution in [0.5, 0.6) is 5.75 Å². The molecule has 0 unspecified atom stereocenters. The van der Waals surface area contributed by atoms with Crippen LogP contribution in [0.1, 0.15) is 48.9 Å². The first-order valence-electron chi connectivity index (χ1n) is 17.2. The van der Waals surface area contributed by atoms with E-state index in [0.717, 1.165) is 16.7 Å². The van der Waals surface area contributed by atoms with Gasteiger partial charge in [0, 0.05) is 37.1 Å². The van der Waals surface area contributed by atoms with E-state index < -0.39 is 53.8 Å². The lowest BCUT2D eigenvalue weighted by molar-refractivity contribution is -0.139. The fraction of sp³-hybridized carbons (Fsp3) is 0.275. The van der Waals surface area contributed by atoms with Gasteiger partial charge in [-0.15, -0.1) is 0 Å². The van der Waals surface area contributed by atoms with Crippen LogP contribution in [0.25, 0.3) is 0 Å². The van der Waals surface area contributed by atoms with Crippen LogP contribution < -0.4 is 31.3 Å². The third-order valence-electron chi connectivity index (χ3n) is 8.77. The lowest BCUT2D eigenvalue weighted by atomic mass is 9.88. The second-order valence-electron chi connectivity index (χ2n) is 12.7. The molecule has 0 radical (unpaired) electrons. The first-order chi connectivity index (χ1) is 25.0. The van der Waals surface area contributed by atoms with Gasteiger partial charge in [0.15, 0.2) is 5.60 Å². The molecule has 1 heterocycles. The minimum Gasteiger partial charge on any atom is -0.489 e. The van der Waals surface area contributed by atoms with Crippen LogP contribution >= 0.6 is 0 Å². The van der Waals surface area contributed by atoms with Gasteiger partial charge in [0.25, 0.3) is 5.91 Å². The van der Waals surface area contributed by atoms with Crippen LogP contribution in [-0.2, 0) is 49.1 Å². The van der Waals surface area contributed by atoms with Gasteiger partial charge in [-0.3, -0.25) is 24.0 Å². The highest BCUT2D eigenvalue weighted by Gasteiger charge is 2.48. The molecular weight excluding hydrogens is 662 g/mol. The number of hydrogen-bond acceptors (Lipinski definition) is 7. The molecule has 0 saturated carbocycles. The molecule has 52 heavy (non-hydrogen) atoms. The Morgan fingerprint density at radius 2 is 1.37 bits per heavy atom. The number of benzene rings is 4. The van der Waals surface area contributed by atoms with Crippen molar-refractivity contribution in [2.75, 3.05) is 5.32 Å². The summed E-state index contributed by atoms with van der Waals surface area (Å²) in [5.74, 6) is -2.41. The monoisotopic (exact) mass is 705 g/mol. The maximum Gasteiger partial charge on any atom is 0.261 e. The molecule has 4 aromatic rings. The SMILES string of the molecule is CCC(=O)N[C@@H](Cc1ccc(OCc2ccccc2)cc1)C(=O)N[C@@H](C)C(=O)N[C@@H](C[C@]1(O)C(=O)Nc2ccccc21)C(=O)NCc1ccccc1. The number of rotatable bonds is 16. The zero-order valence-corrected chi connectivity index (χ0v) is 29.1. The van der Waals surface area contributed by atoms with Crippen LogP contribution in [0.2, 0.25) is 0 Å². The largest absolute Gasteiger partial charge is 0.489 e. The molecule has 5 rings (SSSR count). The van der Waals surface area contributed by atoms with E-state index >= 15 is 0 Å². The van der Waals surface area contributed by atoms with Gasteiger partial charge >= 0.3 is 0 Å². The number of para-hydroxylation sites is 1. The fourth-order valence-corrected chi connectivity index (χ4v) is 5.80. The van der Waals surface area contributed by atoms with Gasteiger partial charge in [0.2, 0.25) is 23.6 Å². The van der Waals surface area contributed by atoms with Crippen LogP contribution in [-0.4, -0.2) is 52.8 Å². The van der Waals surface area contributed by atoms with E-state index in [1.807, 2.05) is 60.7 Å². The normalized spacial score (nSPS) is 16.3. The maximum absolute atomic E-state index is 13.5. The van der Waals surface area contributed by atoms with Crippen LogP contribution in [0, 0.1) is 0 Å². The minimum absolute atomic E-state index is 0.136. The molecule has 4 atom stereocenters. The van der Waals surface area contributed by atoms with Crippen molar-refractivity contribution >= 4 is 35.2 Å². The minimum atomic E-state index is -2.11. The summed E-state index contributed by atoms with van der Waals surface area (Å²) in [6, 6.07) is 29.1. The lowest BCUT2D eigenvalue weighted by Gasteiger charge is -2.28. The second-order valence-corrected chi connectivity index (χ2v) is 12.7. The first kappa shape index (κ1) is 37.3. The molecule has 12 heteroatoms. The van der Waals surface area contributed by atoms with E-state index in [2.05, 4.69) is 26.6 Å². The van der Waals surface area contributed by atoms with Gasteiger partial charge in [-0.05, 0) is 41.8 Å². The van der Waals surface area contributed by atoms with Crippen molar-refractivity contribution in [3.05, 3.63) is 131 Å². The number of aliphatic hydroxyl groups is 1. The van der Waals surface area contributed by atoms with Crippen molar-refractivity contribution in [2.24, 2.45) is 0 Å². The topological polar surface area (TPSA) is 175 Å². The van der Waals surface area contributed by atoms with Crippen molar-refractivity contribution in [2.45, 2.75) is 70.0 Å². The van der Waals surface area contributed by atoms with Gasteiger partial charge in [0.05, 0.1) is 0 Å². The van der Waals surface area contributed by atoms with Gasteiger partial charge in [-0.25, -0.2) is 0 Å². The van der Waals surface area contributed by atoms with Gasteiger partial charge in [0.1, 0.15) is 30.5 Å². The molecule has 4 aromatic carbocycles. The molecule has 0 fully saturated rings. The summed E-state index contributed by atoms with van der Waals surface area (Å²) >= 11 is 0. The molecule has 0 aliphatic carbocycles.